The number of benzene rings is 1. The number of thioether (sulfide) groups is 1. The Morgan fingerprint density at radius 1 is 1.26 bits per heavy atom. The molecule has 1 aromatic heterocycles. The lowest BCUT2D eigenvalue weighted by atomic mass is 10.3. The average molecular weight is 358 g/mol. The van der Waals surface area contributed by atoms with Gasteiger partial charge < -0.3 is 10.6 Å². The summed E-state index contributed by atoms with van der Waals surface area (Å²) in [7, 11) is 0. The van der Waals surface area contributed by atoms with Crippen molar-refractivity contribution in [3.8, 4) is 0 Å². The number of anilines is 2. The maximum atomic E-state index is 13.5. The van der Waals surface area contributed by atoms with Crippen LogP contribution in [0.15, 0.2) is 22.5 Å². The summed E-state index contributed by atoms with van der Waals surface area (Å²) in [6.45, 7) is 5.63. The molecule has 0 radical (unpaired) electrons. The lowest BCUT2D eigenvalue weighted by molar-refractivity contribution is -0.115. The Bertz CT molecular complexity index is 693. The molecule has 0 fully saturated rings. The molecule has 0 spiro atoms. The SMILES string of the molecule is CC(C)Nc1nnc(SC(C)C(=O)Nc2cc(F)ccc2F)s1. The fraction of sp³-hybridized carbons (Fsp3) is 0.357. The van der Waals surface area contributed by atoms with E-state index in [1.54, 1.807) is 6.92 Å². The zero-order valence-electron chi connectivity index (χ0n) is 12.8. The molecule has 0 aliphatic carbocycles. The van der Waals surface area contributed by atoms with Gasteiger partial charge in [0.1, 0.15) is 11.6 Å². The van der Waals surface area contributed by atoms with Crippen molar-refractivity contribution in [1.29, 1.82) is 0 Å². The van der Waals surface area contributed by atoms with Gasteiger partial charge in [-0.15, -0.1) is 10.2 Å². The topological polar surface area (TPSA) is 66.9 Å². The highest BCUT2D eigenvalue weighted by Gasteiger charge is 2.19. The Hall–Kier alpha value is -1.74. The first kappa shape index (κ1) is 17.6. The van der Waals surface area contributed by atoms with E-state index >= 15 is 0 Å². The van der Waals surface area contributed by atoms with Gasteiger partial charge in [-0.2, -0.15) is 0 Å². The molecule has 2 aromatic rings. The zero-order valence-corrected chi connectivity index (χ0v) is 14.4. The number of halogens is 2. The van der Waals surface area contributed by atoms with Crippen LogP contribution in [0.5, 0.6) is 0 Å². The Kier molecular flexibility index (Phi) is 5.89. The largest absolute Gasteiger partial charge is 0.358 e. The van der Waals surface area contributed by atoms with Crippen molar-refractivity contribution in [2.24, 2.45) is 0 Å². The van der Waals surface area contributed by atoms with Crippen LogP contribution in [0.1, 0.15) is 20.8 Å². The van der Waals surface area contributed by atoms with E-state index in [2.05, 4.69) is 20.8 Å². The van der Waals surface area contributed by atoms with E-state index in [1.807, 2.05) is 13.8 Å². The fourth-order valence-electron chi connectivity index (χ4n) is 1.60. The number of aromatic nitrogens is 2. The van der Waals surface area contributed by atoms with Crippen LogP contribution in [0, 0.1) is 11.6 Å². The van der Waals surface area contributed by atoms with Crippen LogP contribution < -0.4 is 10.6 Å². The van der Waals surface area contributed by atoms with Gasteiger partial charge in [0.25, 0.3) is 0 Å². The third-order valence-electron chi connectivity index (χ3n) is 2.65. The van der Waals surface area contributed by atoms with Gasteiger partial charge in [0.15, 0.2) is 4.34 Å². The van der Waals surface area contributed by atoms with E-state index in [9.17, 15) is 13.6 Å². The number of carbonyl (C=O) groups is 1. The van der Waals surface area contributed by atoms with Gasteiger partial charge in [0, 0.05) is 12.1 Å². The van der Waals surface area contributed by atoms with Crippen LogP contribution in [0.25, 0.3) is 0 Å². The van der Waals surface area contributed by atoms with E-state index in [0.29, 0.717) is 9.47 Å². The summed E-state index contributed by atoms with van der Waals surface area (Å²) in [5, 5.41) is 13.6. The number of hydrogen-bond donors (Lipinski definition) is 2. The molecule has 9 heteroatoms. The third kappa shape index (κ3) is 5.14. The van der Waals surface area contributed by atoms with Crippen LogP contribution in [0.4, 0.5) is 19.6 Å². The molecule has 1 unspecified atom stereocenters. The second-order valence-corrected chi connectivity index (χ2v) is 7.61. The van der Waals surface area contributed by atoms with Crippen molar-refractivity contribution in [1.82, 2.24) is 10.2 Å². The Morgan fingerprint density at radius 2 is 2.00 bits per heavy atom. The molecular weight excluding hydrogens is 342 g/mol. The summed E-state index contributed by atoms with van der Waals surface area (Å²) in [5.41, 5.74) is -0.179. The smallest absolute Gasteiger partial charge is 0.237 e. The summed E-state index contributed by atoms with van der Waals surface area (Å²) in [6.07, 6.45) is 0. The first-order valence-electron chi connectivity index (χ1n) is 6.87. The van der Waals surface area contributed by atoms with E-state index in [0.717, 1.165) is 18.2 Å². The summed E-state index contributed by atoms with van der Waals surface area (Å²) in [6, 6.07) is 3.14. The Balaban J connectivity index is 1.97. The number of amides is 1. The molecule has 1 aromatic carbocycles. The highest BCUT2D eigenvalue weighted by atomic mass is 32.2. The molecule has 2 rings (SSSR count). The van der Waals surface area contributed by atoms with E-state index in [1.165, 1.54) is 23.1 Å². The van der Waals surface area contributed by atoms with Gasteiger partial charge in [-0.05, 0) is 32.9 Å². The number of nitrogens with zero attached hydrogens (tertiary/aromatic N) is 2. The first-order chi connectivity index (χ1) is 10.8. The molecule has 2 N–H and O–H groups in total. The van der Waals surface area contributed by atoms with Crippen molar-refractivity contribution in [3.05, 3.63) is 29.8 Å². The van der Waals surface area contributed by atoms with Crippen LogP contribution in [0.2, 0.25) is 0 Å². The summed E-state index contributed by atoms with van der Waals surface area (Å²) < 4.78 is 27.3. The molecule has 1 atom stereocenters. The molecule has 0 aliphatic heterocycles. The quantitative estimate of drug-likeness (QED) is 0.770. The molecular formula is C14H16F2N4OS2. The van der Waals surface area contributed by atoms with Crippen LogP contribution in [0.3, 0.4) is 0 Å². The highest BCUT2D eigenvalue weighted by molar-refractivity contribution is 8.02. The molecule has 124 valence electrons. The first-order valence-corrected chi connectivity index (χ1v) is 8.57. The third-order valence-corrected chi connectivity index (χ3v) is 4.69. The van der Waals surface area contributed by atoms with Gasteiger partial charge in [-0.25, -0.2) is 8.78 Å². The summed E-state index contributed by atoms with van der Waals surface area (Å²) in [5.74, 6) is -1.74. The standard InChI is InChI=1S/C14H16F2N4OS2/c1-7(2)17-13-19-20-14(23-13)22-8(3)12(21)18-11-6-9(15)4-5-10(11)16/h4-8H,1-3H3,(H,17,19)(H,18,21). The van der Waals surface area contributed by atoms with Crippen molar-refractivity contribution in [2.75, 3.05) is 10.6 Å². The molecule has 0 bridgehead atoms. The number of nitrogens with one attached hydrogen (secondary N) is 2. The van der Waals surface area contributed by atoms with E-state index in [-0.39, 0.29) is 11.7 Å². The molecule has 0 saturated heterocycles. The molecule has 23 heavy (non-hydrogen) atoms. The molecule has 5 nitrogen and oxygen atoms in total. The second kappa shape index (κ2) is 7.69. The van der Waals surface area contributed by atoms with E-state index < -0.39 is 22.8 Å². The molecule has 0 aliphatic rings. The molecule has 0 saturated carbocycles. The van der Waals surface area contributed by atoms with Gasteiger partial charge >= 0.3 is 0 Å². The number of rotatable bonds is 6. The minimum absolute atomic E-state index is 0.179. The molecule has 1 amide bonds. The highest BCUT2D eigenvalue weighted by Crippen LogP contribution is 2.30. The van der Waals surface area contributed by atoms with Gasteiger partial charge in [-0.1, -0.05) is 23.1 Å². The minimum atomic E-state index is -0.684. The van der Waals surface area contributed by atoms with Crippen LogP contribution in [-0.2, 0) is 4.79 Å². The second-order valence-electron chi connectivity index (χ2n) is 5.05. The predicted octanol–water partition coefficient (Wildman–Crippen LogP) is 3.76. The average Bonchev–Trinajstić information content (AvgIpc) is 2.89. The predicted molar refractivity (Wildman–Crippen MR) is 89.0 cm³/mol. The van der Waals surface area contributed by atoms with Crippen molar-refractivity contribution < 1.29 is 13.6 Å². The fourth-order valence-corrected chi connectivity index (χ4v) is 3.64. The number of carbonyl (C=O) groups excluding carboxylic acids is 1. The van der Waals surface area contributed by atoms with Crippen LogP contribution in [-0.4, -0.2) is 27.4 Å². The van der Waals surface area contributed by atoms with Crippen molar-refractivity contribution in [3.63, 3.8) is 0 Å². The normalized spacial score (nSPS) is 12.3. The van der Waals surface area contributed by atoms with Gasteiger partial charge in [0.05, 0.1) is 10.9 Å². The maximum Gasteiger partial charge on any atom is 0.237 e. The maximum absolute atomic E-state index is 13.5. The van der Waals surface area contributed by atoms with Gasteiger partial charge in [-0.3, -0.25) is 4.79 Å². The molecule has 1 heterocycles. The van der Waals surface area contributed by atoms with E-state index in [4.69, 9.17) is 0 Å². The lowest BCUT2D eigenvalue weighted by Crippen LogP contribution is -2.23. The summed E-state index contributed by atoms with van der Waals surface area (Å²) in [4.78, 5) is 12.1. The monoisotopic (exact) mass is 358 g/mol. The van der Waals surface area contributed by atoms with Crippen LogP contribution >= 0.6 is 23.1 Å². The number of hydrogen-bond acceptors (Lipinski definition) is 6. The zero-order chi connectivity index (χ0) is 17.0. The van der Waals surface area contributed by atoms with Crippen molar-refractivity contribution in [2.45, 2.75) is 36.4 Å². The Morgan fingerprint density at radius 3 is 2.70 bits per heavy atom. The Labute approximate surface area is 140 Å². The summed E-state index contributed by atoms with van der Waals surface area (Å²) >= 11 is 2.54. The minimum Gasteiger partial charge on any atom is -0.358 e. The lowest BCUT2D eigenvalue weighted by Gasteiger charge is -2.11. The van der Waals surface area contributed by atoms with Gasteiger partial charge in [0.2, 0.25) is 11.0 Å². The van der Waals surface area contributed by atoms with Crippen molar-refractivity contribution >= 4 is 39.8 Å².